The molecule has 0 saturated carbocycles. The number of rotatable bonds is 3. The number of ether oxygens (including phenoxy) is 2. The molecule has 0 aromatic heterocycles. The zero-order chi connectivity index (χ0) is 12.9. The minimum Gasteiger partial charge on any atom is -0.440 e. The molecule has 17 heavy (non-hydrogen) atoms. The Bertz CT molecular complexity index is 302. The van der Waals surface area contributed by atoms with Crippen molar-refractivity contribution in [3.8, 4) is 0 Å². The van der Waals surface area contributed by atoms with E-state index in [1.165, 1.54) is 4.90 Å². The summed E-state index contributed by atoms with van der Waals surface area (Å²) >= 11 is 0. The van der Waals surface area contributed by atoms with Crippen LogP contribution in [-0.4, -0.2) is 50.6 Å². The summed E-state index contributed by atoms with van der Waals surface area (Å²) < 4.78 is 44.5. The highest BCUT2D eigenvalue weighted by molar-refractivity contribution is 5.68. The van der Waals surface area contributed by atoms with Crippen LogP contribution in [0.5, 0.6) is 0 Å². The van der Waals surface area contributed by atoms with E-state index in [4.69, 9.17) is 4.74 Å². The van der Waals surface area contributed by atoms with E-state index in [1.54, 1.807) is 13.2 Å². The van der Waals surface area contributed by atoms with Gasteiger partial charge in [0.15, 0.2) is 6.61 Å². The zero-order valence-electron chi connectivity index (χ0n) is 9.42. The third kappa shape index (κ3) is 5.08. The summed E-state index contributed by atoms with van der Waals surface area (Å²) in [5, 5.41) is 0. The number of hydrogen-bond donors (Lipinski definition) is 0. The Labute approximate surface area is 97.0 Å². The van der Waals surface area contributed by atoms with Crippen molar-refractivity contribution < 1.29 is 27.4 Å². The van der Waals surface area contributed by atoms with Crippen LogP contribution in [-0.2, 0) is 9.47 Å². The molecule has 0 unspecified atom stereocenters. The zero-order valence-corrected chi connectivity index (χ0v) is 9.42. The minimum atomic E-state index is -4.48. The van der Waals surface area contributed by atoms with E-state index in [0.29, 0.717) is 19.6 Å². The number of amides is 1. The number of alkyl halides is 3. The lowest BCUT2D eigenvalue weighted by Crippen LogP contribution is -2.37. The molecular weight excluding hydrogens is 239 g/mol. The molecule has 0 bridgehead atoms. The van der Waals surface area contributed by atoms with Gasteiger partial charge >= 0.3 is 12.3 Å². The van der Waals surface area contributed by atoms with Gasteiger partial charge in [-0.15, -0.1) is 0 Å². The lowest BCUT2D eigenvalue weighted by Gasteiger charge is -2.25. The van der Waals surface area contributed by atoms with Crippen LogP contribution in [0.3, 0.4) is 0 Å². The Morgan fingerprint density at radius 3 is 2.71 bits per heavy atom. The second kappa shape index (κ2) is 5.90. The third-order valence-electron chi connectivity index (χ3n) is 2.25. The van der Waals surface area contributed by atoms with Gasteiger partial charge in [-0.25, -0.2) is 4.79 Å². The molecule has 4 nitrogen and oxygen atoms in total. The van der Waals surface area contributed by atoms with Crippen LogP contribution in [0, 0.1) is 0 Å². The number of hydrogen-bond acceptors (Lipinski definition) is 3. The van der Waals surface area contributed by atoms with Crippen molar-refractivity contribution in [1.82, 2.24) is 4.90 Å². The molecule has 0 radical (unpaired) electrons. The Hall–Kier alpha value is -1.24. The van der Waals surface area contributed by atoms with E-state index in [0.717, 1.165) is 5.57 Å². The maximum absolute atomic E-state index is 11.8. The second-order valence-electron chi connectivity index (χ2n) is 3.66. The second-order valence-corrected chi connectivity index (χ2v) is 3.66. The van der Waals surface area contributed by atoms with Crippen molar-refractivity contribution in [3.63, 3.8) is 0 Å². The molecule has 1 aliphatic rings. The van der Waals surface area contributed by atoms with Crippen molar-refractivity contribution >= 4 is 6.09 Å². The molecule has 0 fully saturated rings. The Kier molecular flexibility index (Phi) is 4.80. The summed E-state index contributed by atoms with van der Waals surface area (Å²) in [4.78, 5) is 12.5. The van der Waals surface area contributed by atoms with Crippen LogP contribution in [0.15, 0.2) is 11.6 Å². The maximum atomic E-state index is 11.8. The fraction of sp³-hybridized carbons (Fsp3) is 0.700. The molecule has 7 heteroatoms. The van der Waals surface area contributed by atoms with Gasteiger partial charge in [-0.2, -0.15) is 13.2 Å². The van der Waals surface area contributed by atoms with Gasteiger partial charge in [0, 0.05) is 20.2 Å². The van der Waals surface area contributed by atoms with Crippen LogP contribution < -0.4 is 0 Å². The summed E-state index contributed by atoms with van der Waals surface area (Å²) in [7, 11) is 1.56. The van der Waals surface area contributed by atoms with Gasteiger partial charge in [-0.05, 0) is 12.0 Å². The average Bonchev–Trinajstić information content (AvgIpc) is 2.26. The topological polar surface area (TPSA) is 38.8 Å². The van der Waals surface area contributed by atoms with Crippen molar-refractivity contribution in [1.29, 1.82) is 0 Å². The van der Waals surface area contributed by atoms with E-state index in [2.05, 4.69) is 4.74 Å². The van der Waals surface area contributed by atoms with E-state index in [-0.39, 0.29) is 6.54 Å². The Balaban J connectivity index is 2.36. The average molecular weight is 253 g/mol. The minimum absolute atomic E-state index is 0.259. The fourth-order valence-electron chi connectivity index (χ4n) is 1.43. The molecule has 1 aliphatic heterocycles. The van der Waals surface area contributed by atoms with Gasteiger partial charge in [0.25, 0.3) is 0 Å². The highest BCUT2D eigenvalue weighted by Gasteiger charge is 2.31. The molecule has 0 aromatic carbocycles. The van der Waals surface area contributed by atoms with Gasteiger partial charge in [-0.1, -0.05) is 6.08 Å². The van der Waals surface area contributed by atoms with Gasteiger partial charge < -0.3 is 14.4 Å². The van der Waals surface area contributed by atoms with Gasteiger partial charge in [-0.3, -0.25) is 0 Å². The fourth-order valence-corrected chi connectivity index (χ4v) is 1.43. The predicted octanol–water partition coefficient (Wildman–Crippen LogP) is 1.96. The smallest absolute Gasteiger partial charge is 0.422 e. The molecule has 0 N–H and O–H groups in total. The number of methoxy groups -OCH3 is 1. The monoisotopic (exact) mass is 253 g/mol. The lowest BCUT2D eigenvalue weighted by molar-refractivity contribution is -0.162. The van der Waals surface area contributed by atoms with Gasteiger partial charge in [0.05, 0.1) is 6.61 Å². The summed E-state index contributed by atoms with van der Waals surface area (Å²) in [6.45, 7) is -0.455. The highest BCUT2D eigenvalue weighted by atomic mass is 19.4. The van der Waals surface area contributed by atoms with Crippen molar-refractivity contribution in [2.75, 3.05) is 33.4 Å². The van der Waals surface area contributed by atoms with Gasteiger partial charge in [0.1, 0.15) is 0 Å². The summed E-state index contributed by atoms with van der Waals surface area (Å²) in [5.74, 6) is 0. The molecule has 0 atom stereocenters. The number of halogens is 3. The largest absolute Gasteiger partial charge is 0.440 e. The molecule has 0 aliphatic carbocycles. The first-order valence-corrected chi connectivity index (χ1v) is 5.07. The number of carbonyl (C=O) groups excluding carboxylic acids is 1. The molecule has 0 aromatic rings. The molecule has 1 rings (SSSR count). The quantitative estimate of drug-likeness (QED) is 0.722. The maximum Gasteiger partial charge on any atom is 0.422 e. The SMILES string of the molecule is COCC1=CCN(C(=O)OCC(F)(F)F)CC1. The van der Waals surface area contributed by atoms with E-state index in [1.807, 2.05) is 0 Å². The Morgan fingerprint density at radius 2 is 2.24 bits per heavy atom. The van der Waals surface area contributed by atoms with Crippen molar-refractivity contribution in [3.05, 3.63) is 11.6 Å². The number of carbonyl (C=O) groups is 1. The van der Waals surface area contributed by atoms with Crippen molar-refractivity contribution in [2.24, 2.45) is 0 Å². The van der Waals surface area contributed by atoms with E-state index < -0.39 is 18.9 Å². The molecule has 0 saturated heterocycles. The van der Waals surface area contributed by atoms with Crippen LogP contribution in [0.2, 0.25) is 0 Å². The highest BCUT2D eigenvalue weighted by Crippen LogP contribution is 2.16. The first-order chi connectivity index (χ1) is 7.92. The molecule has 1 heterocycles. The number of nitrogens with zero attached hydrogens (tertiary/aromatic N) is 1. The Morgan fingerprint density at radius 1 is 1.53 bits per heavy atom. The standard InChI is InChI=1S/C10H14F3NO3/c1-16-6-8-2-4-14(5-3-8)9(15)17-7-10(11,12)13/h2H,3-7H2,1H3. The van der Waals surface area contributed by atoms with Crippen LogP contribution in [0.4, 0.5) is 18.0 Å². The van der Waals surface area contributed by atoms with Gasteiger partial charge in [0.2, 0.25) is 0 Å². The molecule has 98 valence electrons. The normalized spacial score (nSPS) is 16.7. The van der Waals surface area contributed by atoms with E-state index in [9.17, 15) is 18.0 Å². The molecular formula is C10H14F3NO3. The van der Waals surface area contributed by atoms with Crippen LogP contribution >= 0.6 is 0 Å². The summed E-state index contributed by atoms with van der Waals surface area (Å²) in [5.41, 5.74) is 1.03. The summed E-state index contributed by atoms with van der Waals surface area (Å²) in [6, 6.07) is 0. The summed E-state index contributed by atoms with van der Waals surface area (Å²) in [6.07, 6.45) is -3.06. The van der Waals surface area contributed by atoms with E-state index >= 15 is 0 Å². The first kappa shape index (κ1) is 13.8. The third-order valence-corrected chi connectivity index (χ3v) is 2.25. The predicted molar refractivity (Wildman–Crippen MR) is 53.6 cm³/mol. The lowest BCUT2D eigenvalue weighted by atomic mass is 10.1. The molecule has 1 amide bonds. The van der Waals surface area contributed by atoms with Crippen molar-refractivity contribution in [2.45, 2.75) is 12.6 Å². The van der Waals surface area contributed by atoms with Crippen LogP contribution in [0.25, 0.3) is 0 Å². The molecule has 0 spiro atoms. The first-order valence-electron chi connectivity index (χ1n) is 5.07. The van der Waals surface area contributed by atoms with Crippen LogP contribution in [0.1, 0.15) is 6.42 Å².